The van der Waals surface area contributed by atoms with E-state index in [1.165, 1.54) is 57.8 Å². The van der Waals surface area contributed by atoms with Crippen molar-refractivity contribution in [1.29, 1.82) is 0 Å². The lowest BCUT2D eigenvalue weighted by Gasteiger charge is -2.00. The second kappa shape index (κ2) is 15.2. The van der Waals surface area contributed by atoms with Gasteiger partial charge in [0, 0.05) is 0 Å². The molecule has 0 amide bonds. The van der Waals surface area contributed by atoms with Gasteiger partial charge in [-0.05, 0) is 38.2 Å². The van der Waals surface area contributed by atoms with Crippen LogP contribution in [0.1, 0.15) is 77.6 Å². The summed E-state index contributed by atoms with van der Waals surface area (Å²) in [6, 6.07) is 0. The molecular weight excluding hydrogens is 208 g/mol. The van der Waals surface area contributed by atoms with Gasteiger partial charge < -0.3 is 0 Å². The van der Waals surface area contributed by atoms with E-state index in [0.29, 0.717) is 0 Å². The molecule has 1 nitrogen and oxygen atoms in total. The minimum atomic E-state index is 0.910. The van der Waals surface area contributed by atoms with E-state index in [1.807, 2.05) is 5.94 Å². The van der Waals surface area contributed by atoms with Crippen LogP contribution in [0.25, 0.3) is 0 Å². The molecule has 0 N–H and O–H groups in total. The lowest BCUT2D eigenvalue weighted by atomic mass is 10.1. The average Bonchev–Trinajstić information content (AvgIpc) is 2.35. The van der Waals surface area contributed by atoms with Crippen LogP contribution in [0.15, 0.2) is 18.2 Å². The van der Waals surface area contributed by atoms with Crippen LogP contribution >= 0.6 is 0 Å². The van der Waals surface area contributed by atoms with Crippen molar-refractivity contribution in [3.8, 4) is 0 Å². The fourth-order valence-corrected chi connectivity index (χ4v) is 1.91. The van der Waals surface area contributed by atoms with E-state index in [0.717, 1.165) is 12.8 Å². The normalized spacial score (nSPS) is 10.6. The molecule has 1 heteroatoms. The van der Waals surface area contributed by atoms with Gasteiger partial charge in [-0.1, -0.05) is 57.6 Å². The highest BCUT2D eigenvalue weighted by atomic mass is 16.1. The van der Waals surface area contributed by atoms with Crippen molar-refractivity contribution in [2.75, 3.05) is 0 Å². The van der Waals surface area contributed by atoms with Crippen molar-refractivity contribution in [3.63, 3.8) is 0 Å². The molecule has 98 valence electrons. The van der Waals surface area contributed by atoms with E-state index < -0.39 is 0 Å². The van der Waals surface area contributed by atoms with E-state index in [1.54, 1.807) is 6.08 Å². The lowest BCUT2D eigenvalue weighted by molar-refractivity contribution is 0.563. The second-order valence-electron chi connectivity index (χ2n) is 4.61. The molecule has 0 aliphatic carbocycles. The number of allylic oxidation sites excluding steroid dienone is 3. The summed E-state index contributed by atoms with van der Waals surface area (Å²) >= 11 is 0. The van der Waals surface area contributed by atoms with Crippen LogP contribution in [0, 0.1) is 0 Å². The summed E-state index contributed by atoms with van der Waals surface area (Å²) in [4.78, 5) is 9.92. The quantitative estimate of drug-likeness (QED) is 0.257. The number of carbonyl (C=O) groups excluding carboxylic acids is 1. The molecule has 0 aliphatic heterocycles. The maximum atomic E-state index is 9.92. The van der Waals surface area contributed by atoms with Crippen molar-refractivity contribution < 1.29 is 4.79 Å². The van der Waals surface area contributed by atoms with Gasteiger partial charge in [0.15, 0.2) is 0 Å². The third-order valence-electron chi connectivity index (χ3n) is 2.95. The molecule has 0 atom stereocenters. The molecule has 0 saturated carbocycles. The summed E-state index contributed by atoms with van der Waals surface area (Å²) in [5.41, 5.74) is 0. The predicted octanol–water partition coefficient (Wildman–Crippen LogP) is 5.24. The molecule has 0 aliphatic rings. The molecule has 17 heavy (non-hydrogen) atoms. The van der Waals surface area contributed by atoms with Crippen molar-refractivity contribution in [1.82, 2.24) is 0 Å². The summed E-state index contributed by atoms with van der Waals surface area (Å²) in [5, 5.41) is 0. The van der Waals surface area contributed by atoms with Crippen LogP contribution in [0.4, 0.5) is 0 Å². The van der Waals surface area contributed by atoms with Gasteiger partial charge in [-0.25, -0.2) is 4.79 Å². The van der Waals surface area contributed by atoms with E-state index in [2.05, 4.69) is 19.1 Å². The van der Waals surface area contributed by atoms with Crippen LogP contribution in [-0.2, 0) is 4.79 Å². The van der Waals surface area contributed by atoms with Gasteiger partial charge in [-0.15, -0.1) is 0 Å². The molecule has 0 aromatic heterocycles. The molecule has 0 aromatic carbocycles. The van der Waals surface area contributed by atoms with Crippen LogP contribution in [0.5, 0.6) is 0 Å². The Bertz CT molecular complexity index is 212. The Balaban J connectivity index is 2.98. The molecule has 0 fully saturated rings. The maximum Gasteiger partial charge on any atom is 0.120 e. The molecule has 0 radical (unpaired) electrons. The minimum absolute atomic E-state index is 0.910. The Hall–Kier alpha value is -0.810. The van der Waals surface area contributed by atoms with E-state index in [9.17, 15) is 4.79 Å². The summed E-state index contributed by atoms with van der Waals surface area (Å²) in [6.45, 7) is 2.18. The molecule has 0 heterocycles. The van der Waals surface area contributed by atoms with Gasteiger partial charge in [0.25, 0.3) is 0 Å². The second-order valence-corrected chi connectivity index (χ2v) is 4.61. The van der Waals surface area contributed by atoms with Crippen molar-refractivity contribution in [3.05, 3.63) is 18.2 Å². The zero-order chi connectivity index (χ0) is 12.6. The van der Waals surface area contributed by atoms with Gasteiger partial charge in [0.2, 0.25) is 0 Å². The van der Waals surface area contributed by atoms with Crippen molar-refractivity contribution >= 4 is 5.94 Å². The van der Waals surface area contributed by atoms with Crippen molar-refractivity contribution in [2.45, 2.75) is 77.6 Å². The summed E-state index contributed by atoms with van der Waals surface area (Å²) in [6.07, 6.45) is 20.1. The molecule has 0 rings (SSSR count). The highest BCUT2D eigenvalue weighted by Gasteiger charge is 1.91. The third kappa shape index (κ3) is 15.2. The Labute approximate surface area is 107 Å². The first kappa shape index (κ1) is 16.2. The van der Waals surface area contributed by atoms with E-state index in [-0.39, 0.29) is 0 Å². The first-order valence-corrected chi connectivity index (χ1v) is 7.26. The molecular formula is C16H28O. The zero-order valence-electron chi connectivity index (χ0n) is 11.4. The minimum Gasteiger partial charge on any atom is -0.234 e. The fourth-order valence-electron chi connectivity index (χ4n) is 1.91. The Morgan fingerprint density at radius 2 is 1.29 bits per heavy atom. The van der Waals surface area contributed by atoms with Crippen LogP contribution in [-0.4, -0.2) is 5.94 Å². The molecule has 0 saturated heterocycles. The smallest absolute Gasteiger partial charge is 0.120 e. The van der Waals surface area contributed by atoms with E-state index in [4.69, 9.17) is 0 Å². The van der Waals surface area contributed by atoms with Gasteiger partial charge in [0.1, 0.15) is 5.94 Å². The monoisotopic (exact) mass is 236 g/mol. The predicted molar refractivity (Wildman–Crippen MR) is 75.9 cm³/mol. The molecule has 0 aromatic rings. The van der Waals surface area contributed by atoms with Gasteiger partial charge in [0.05, 0.1) is 0 Å². The highest BCUT2D eigenvalue weighted by molar-refractivity contribution is 5.44. The lowest BCUT2D eigenvalue weighted by Crippen LogP contribution is -1.81. The number of unbranched alkanes of at least 4 members (excludes halogenated alkanes) is 9. The summed E-state index contributed by atoms with van der Waals surface area (Å²) in [7, 11) is 0. The topological polar surface area (TPSA) is 17.1 Å². The standard InChI is InChI=1S/C16H28O/c1-2-3-4-5-6-7-8-9-10-11-12-13-14-15-16-17/h3-4,15H,2,5-14H2,1H3/b4-3+. The largest absolute Gasteiger partial charge is 0.234 e. The Morgan fingerprint density at radius 1 is 0.765 bits per heavy atom. The molecule has 0 spiro atoms. The first-order valence-electron chi connectivity index (χ1n) is 7.26. The van der Waals surface area contributed by atoms with Gasteiger partial charge in [-0.3, -0.25) is 0 Å². The van der Waals surface area contributed by atoms with Crippen LogP contribution < -0.4 is 0 Å². The van der Waals surface area contributed by atoms with E-state index >= 15 is 0 Å². The molecule has 0 bridgehead atoms. The van der Waals surface area contributed by atoms with Gasteiger partial charge >= 0.3 is 0 Å². The van der Waals surface area contributed by atoms with Crippen molar-refractivity contribution in [2.24, 2.45) is 0 Å². The first-order chi connectivity index (χ1) is 8.41. The average molecular weight is 236 g/mol. The summed E-state index contributed by atoms with van der Waals surface area (Å²) < 4.78 is 0. The third-order valence-corrected chi connectivity index (χ3v) is 2.95. The SMILES string of the molecule is CC/C=C/CCCCCCCCCCC=C=O. The number of rotatable bonds is 12. The molecule has 0 unspecified atom stereocenters. The fraction of sp³-hybridized carbons (Fsp3) is 0.750. The number of hydrogen-bond donors (Lipinski definition) is 0. The summed E-state index contributed by atoms with van der Waals surface area (Å²) in [5.74, 6) is 1.83. The number of hydrogen-bond acceptors (Lipinski definition) is 1. The Morgan fingerprint density at radius 3 is 1.82 bits per heavy atom. The highest BCUT2D eigenvalue weighted by Crippen LogP contribution is 2.10. The van der Waals surface area contributed by atoms with Crippen LogP contribution in [0.2, 0.25) is 0 Å². The maximum absolute atomic E-state index is 9.92. The van der Waals surface area contributed by atoms with Gasteiger partial charge in [-0.2, -0.15) is 0 Å². The van der Waals surface area contributed by atoms with Crippen LogP contribution in [0.3, 0.4) is 0 Å². The Kier molecular flexibility index (Phi) is 14.5. The zero-order valence-corrected chi connectivity index (χ0v) is 11.4.